The number of benzene rings is 1. The predicted octanol–water partition coefficient (Wildman–Crippen LogP) is 3.34. The van der Waals surface area contributed by atoms with Crippen molar-refractivity contribution in [3.8, 4) is 0 Å². The second-order valence-corrected chi connectivity index (χ2v) is 8.79. The van der Waals surface area contributed by atoms with E-state index < -0.39 is 10.0 Å². The van der Waals surface area contributed by atoms with Gasteiger partial charge in [0, 0.05) is 24.7 Å². The van der Waals surface area contributed by atoms with Gasteiger partial charge in [-0.05, 0) is 30.4 Å². The number of carbonyl (C=O) groups is 1. The zero-order valence-electron chi connectivity index (χ0n) is 14.8. The van der Waals surface area contributed by atoms with Gasteiger partial charge in [0.15, 0.2) is 0 Å². The molecule has 0 unspecified atom stereocenters. The van der Waals surface area contributed by atoms with Gasteiger partial charge in [-0.15, -0.1) is 0 Å². The van der Waals surface area contributed by atoms with Crippen LogP contribution in [0.2, 0.25) is 0 Å². The van der Waals surface area contributed by atoms with Crippen molar-refractivity contribution < 1.29 is 13.2 Å². The predicted molar refractivity (Wildman–Crippen MR) is 97.6 cm³/mol. The minimum atomic E-state index is -3.29. The van der Waals surface area contributed by atoms with Crippen LogP contribution in [0.15, 0.2) is 24.3 Å². The molecule has 1 aliphatic carbocycles. The largest absolute Gasteiger partial charge is 0.326 e. The first kappa shape index (κ1) is 18.9. The summed E-state index contributed by atoms with van der Waals surface area (Å²) in [6, 6.07) is 7.79. The Labute approximate surface area is 145 Å². The Hall–Kier alpha value is -1.40. The summed E-state index contributed by atoms with van der Waals surface area (Å²) in [6.07, 6.45) is 5.32. The molecule has 0 aliphatic heterocycles. The van der Waals surface area contributed by atoms with Gasteiger partial charge in [0.1, 0.15) is 0 Å². The third kappa shape index (κ3) is 5.05. The first-order chi connectivity index (χ1) is 11.3. The van der Waals surface area contributed by atoms with Crippen molar-refractivity contribution in [3.63, 3.8) is 0 Å². The molecule has 0 spiro atoms. The molecule has 1 aliphatic rings. The molecule has 1 aromatic rings. The molecule has 0 radical (unpaired) electrons. The summed E-state index contributed by atoms with van der Waals surface area (Å²) in [5.74, 6) is 0.169. The molecule has 5 nitrogen and oxygen atoms in total. The lowest BCUT2D eigenvalue weighted by atomic mass is 10.0. The molecule has 6 heteroatoms. The highest BCUT2D eigenvalue weighted by molar-refractivity contribution is 7.88. The van der Waals surface area contributed by atoms with E-state index >= 15 is 0 Å². The van der Waals surface area contributed by atoms with E-state index in [9.17, 15) is 13.2 Å². The van der Waals surface area contributed by atoms with Crippen LogP contribution in [0.4, 0.5) is 5.69 Å². The number of sulfonamides is 1. The highest BCUT2D eigenvalue weighted by Gasteiger charge is 2.29. The molecule has 24 heavy (non-hydrogen) atoms. The molecule has 0 aromatic heterocycles. The van der Waals surface area contributed by atoms with Crippen LogP contribution in [0.3, 0.4) is 0 Å². The van der Waals surface area contributed by atoms with Crippen LogP contribution in [0.25, 0.3) is 0 Å². The molecule has 134 valence electrons. The third-order valence-electron chi connectivity index (χ3n) is 4.57. The number of hydrogen-bond donors (Lipinski definition) is 1. The highest BCUT2D eigenvalue weighted by atomic mass is 32.2. The average Bonchev–Trinajstić information content (AvgIpc) is 3.00. The molecule has 0 heterocycles. The van der Waals surface area contributed by atoms with Crippen LogP contribution < -0.4 is 5.32 Å². The van der Waals surface area contributed by atoms with Gasteiger partial charge in [0.25, 0.3) is 0 Å². The zero-order chi connectivity index (χ0) is 17.7. The molecule has 1 aromatic carbocycles. The molecular weight excluding hydrogens is 324 g/mol. The van der Waals surface area contributed by atoms with Gasteiger partial charge in [0.2, 0.25) is 15.9 Å². The summed E-state index contributed by atoms with van der Waals surface area (Å²) >= 11 is 0. The van der Waals surface area contributed by atoms with Crippen molar-refractivity contribution in [3.05, 3.63) is 29.8 Å². The summed E-state index contributed by atoms with van der Waals surface area (Å²) < 4.78 is 25.6. The Morgan fingerprint density at radius 2 is 1.88 bits per heavy atom. The van der Waals surface area contributed by atoms with Gasteiger partial charge >= 0.3 is 0 Å². The summed E-state index contributed by atoms with van der Waals surface area (Å²) in [5, 5.41) is 2.93. The van der Waals surface area contributed by atoms with Crippen LogP contribution in [0, 0.1) is 0 Å². The molecule has 1 N–H and O–H groups in total. The van der Waals surface area contributed by atoms with Gasteiger partial charge in [-0.2, -0.15) is 4.31 Å². The van der Waals surface area contributed by atoms with E-state index in [0.717, 1.165) is 36.9 Å². The fraction of sp³-hybridized carbons (Fsp3) is 0.611. The van der Waals surface area contributed by atoms with Crippen LogP contribution in [-0.2, 0) is 14.8 Å². The van der Waals surface area contributed by atoms with Gasteiger partial charge in [-0.1, -0.05) is 44.9 Å². The van der Waals surface area contributed by atoms with Crippen LogP contribution in [0.1, 0.15) is 57.4 Å². The molecule has 1 fully saturated rings. The van der Waals surface area contributed by atoms with E-state index in [4.69, 9.17) is 0 Å². The standard InChI is InChI=1S/C18H28N2O3S/c1-14(2)16-10-6-7-11-17(16)19-18(21)12-13-20(24(3,22)23)15-8-4-5-9-15/h6-7,10-11,14-15H,4-5,8-9,12-13H2,1-3H3,(H,19,21). The molecular formula is C18H28N2O3S. The Morgan fingerprint density at radius 1 is 1.25 bits per heavy atom. The van der Waals surface area contributed by atoms with Gasteiger partial charge in [-0.3, -0.25) is 4.79 Å². The van der Waals surface area contributed by atoms with E-state index in [1.54, 1.807) is 0 Å². The van der Waals surface area contributed by atoms with Crippen molar-refractivity contribution in [2.45, 2.75) is 57.9 Å². The Bertz CT molecular complexity index is 665. The fourth-order valence-electron chi connectivity index (χ4n) is 3.35. The van der Waals surface area contributed by atoms with Crippen LogP contribution in [0.5, 0.6) is 0 Å². The monoisotopic (exact) mass is 352 g/mol. The number of para-hydroxylation sites is 1. The van der Waals surface area contributed by atoms with Crippen LogP contribution >= 0.6 is 0 Å². The van der Waals surface area contributed by atoms with Gasteiger partial charge in [-0.25, -0.2) is 8.42 Å². The van der Waals surface area contributed by atoms with Crippen molar-refractivity contribution in [2.24, 2.45) is 0 Å². The fourth-order valence-corrected chi connectivity index (χ4v) is 4.53. The number of amides is 1. The maximum absolute atomic E-state index is 12.3. The van der Waals surface area contributed by atoms with E-state index in [0.29, 0.717) is 5.92 Å². The molecule has 0 bridgehead atoms. The summed E-state index contributed by atoms with van der Waals surface area (Å²) in [4.78, 5) is 12.3. The van der Waals surface area contributed by atoms with Gasteiger partial charge < -0.3 is 5.32 Å². The highest BCUT2D eigenvalue weighted by Crippen LogP contribution is 2.26. The Balaban J connectivity index is 1.99. The smallest absolute Gasteiger partial charge is 0.225 e. The lowest BCUT2D eigenvalue weighted by molar-refractivity contribution is -0.116. The van der Waals surface area contributed by atoms with E-state index in [-0.39, 0.29) is 24.9 Å². The number of carbonyl (C=O) groups excluding carboxylic acids is 1. The van der Waals surface area contributed by atoms with Crippen molar-refractivity contribution in [1.29, 1.82) is 0 Å². The van der Waals surface area contributed by atoms with Crippen molar-refractivity contribution >= 4 is 21.6 Å². The van der Waals surface area contributed by atoms with Crippen LogP contribution in [-0.4, -0.2) is 37.5 Å². The molecule has 2 rings (SSSR count). The molecule has 0 atom stereocenters. The lowest BCUT2D eigenvalue weighted by Crippen LogP contribution is -2.39. The topological polar surface area (TPSA) is 66.5 Å². The molecule has 0 saturated heterocycles. The number of nitrogens with one attached hydrogen (secondary N) is 1. The van der Waals surface area contributed by atoms with E-state index in [1.165, 1.54) is 10.6 Å². The normalized spacial score (nSPS) is 16.0. The number of nitrogens with zero attached hydrogens (tertiary/aromatic N) is 1. The maximum atomic E-state index is 12.3. The Kier molecular flexibility index (Phi) is 6.40. The van der Waals surface area contributed by atoms with Gasteiger partial charge in [0.05, 0.1) is 6.26 Å². The first-order valence-corrected chi connectivity index (χ1v) is 10.5. The zero-order valence-corrected chi connectivity index (χ0v) is 15.6. The van der Waals surface area contributed by atoms with Crippen molar-refractivity contribution in [2.75, 3.05) is 18.1 Å². The second-order valence-electron chi connectivity index (χ2n) is 6.85. The summed E-state index contributed by atoms with van der Waals surface area (Å²) in [6.45, 7) is 4.41. The minimum Gasteiger partial charge on any atom is -0.326 e. The summed E-state index contributed by atoms with van der Waals surface area (Å²) in [5.41, 5.74) is 1.89. The molecule has 1 saturated carbocycles. The Morgan fingerprint density at radius 3 is 2.46 bits per heavy atom. The lowest BCUT2D eigenvalue weighted by Gasteiger charge is -2.26. The second kappa shape index (κ2) is 8.12. The average molecular weight is 353 g/mol. The number of anilines is 1. The molecule has 1 amide bonds. The first-order valence-electron chi connectivity index (χ1n) is 8.64. The summed E-state index contributed by atoms with van der Waals surface area (Å²) in [7, 11) is -3.29. The quantitative estimate of drug-likeness (QED) is 0.818. The third-order valence-corrected chi connectivity index (χ3v) is 5.91. The van der Waals surface area contributed by atoms with E-state index in [2.05, 4.69) is 19.2 Å². The minimum absolute atomic E-state index is 0.0516. The number of rotatable bonds is 7. The maximum Gasteiger partial charge on any atom is 0.225 e. The SMILES string of the molecule is CC(C)c1ccccc1NC(=O)CCN(C1CCCC1)S(C)(=O)=O. The van der Waals surface area contributed by atoms with Crippen molar-refractivity contribution in [1.82, 2.24) is 4.31 Å². The van der Waals surface area contributed by atoms with E-state index in [1.807, 2.05) is 24.3 Å². The number of hydrogen-bond acceptors (Lipinski definition) is 3.